The van der Waals surface area contributed by atoms with Gasteiger partial charge in [-0.25, -0.2) is 0 Å². The van der Waals surface area contributed by atoms with Gasteiger partial charge in [-0.15, -0.1) is 0 Å². The van der Waals surface area contributed by atoms with Crippen molar-refractivity contribution in [3.8, 4) is 0 Å². The molecule has 1 atom stereocenters. The minimum atomic E-state index is 0.0282. The number of rotatable bonds is 5. The Morgan fingerprint density at radius 3 is 2.88 bits per heavy atom. The van der Waals surface area contributed by atoms with E-state index >= 15 is 0 Å². The Morgan fingerprint density at radius 2 is 2.31 bits per heavy atom. The van der Waals surface area contributed by atoms with E-state index in [1.165, 1.54) is 6.42 Å². The Bertz CT molecular complexity index is 245. The number of hydrogen-bond donors (Lipinski definition) is 3. The highest BCUT2D eigenvalue weighted by molar-refractivity contribution is 5.76. The van der Waals surface area contributed by atoms with Crippen LogP contribution in [0.15, 0.2) is 0 Å². The first-order chi connectivity index (χ1) is 7.74. The van der Waals surface area contributed by atoms with Crippen molar-refractivity contribution in [2.75, 3.05) is 26.2 Å². The SMILES string of the molecule is O=C(CC1CCCNC1)NCC1(CO)CC1. The van der Waals surface area contributed by atoms with Gasteiger partial charge in [-0.3, -0.25) is 4.79 Å². The van der Waals surface area contributed by atoms with Gasteiger partial charge in [-0.1, -0.05) is 0 Å². The van der Waals surface area contributed by atoms with Gasteiger partial charge in [0.2, 0.25) is 5.91 Å². The fraction of sp³-hybridized carbons (Fsp3) is 0.917. The summed E-state index contributed by atoms with van der Waals surface area (Å²) in [6.45, 7) is 2.92. The van der Waals surface area contributed by atoms with Gasteiger partial charge in [0.25, 0.3) is 0 Å². The number of carbonyl (C=O) groups is 1. The summed E-state index contributed by atoms with van der Waals surface area (Å²) < 4.78 is 0. The second kappa shape index (κ2) is 5.15. The van der Waals surface area contributed by atoms with E-state index in [-0.39, 0.29) is 17.9 Å². The predicted molar refractivity (Wildman–Crippen MR) is 62.0 cm³/mol. The Hall–Kier alpha value is -0.610. The van der Waals surface area contributed by atoms with E-state index < -0.39 is 0 Å². The average molecular weight is 226 g/mol. The van der Waals surface area contributed by atoms with Crippen molar-refractivity contribution in [2.24, 2.45) is 11.3 Å². The van der Waals surface area contributed by atoms with Gasteiger partial charge < -0.3 is 15.7 Å². The van der Waals surface area contributed by atoms with Crippen LogP contribution in [0.1, 0.15) is 32.1 Å². The first-order valence-electron chi connectivity index (χ1n) is 6.32. The monoisotopic (exact) mass is 226 g/mol. The molecule has 0 spiro atoms. The van der Waals surface area contributed by atoms with Gasteiger partial charge in [0.05, 0.1) is 6.61 Å². The molecule has 92 valence electrons. The van der Waals surface area contributed by atoms with Crippen LogP contribution in [-0.2, 0) is 4.79 Å². The van der Waals surface area contributed by atoms with Crippen LogP contribution in [0.2, 0.25) is 0 Å². The van der Waals surface area contributed by atoms with E-state index in [0.717, 1.165) is 32.4 Å². The van der Waals surface area contributed by atoms with Crippen molar-refractivity contribution >= 4 is 5.91 Å². The lowest BCUT2D eigenvalue weighted by Gasteiger charge is -2.22. The summed E-state index contributed by atoms with van der Waals surface area (Å²) in [6, 6.07) is 0. The molecule has 1 aliphatic carbocycles. The summed E-state index contributed by atoms with van der Waals surface area (Å²) in [6.07, 6.45) is 5.07. The molecule has 1 unspecified atom stereocenters. The maximum absolute atomic E-state index is 11.7. The van der Waals surface area contributed by atoms with Gasteiger partial charge in [-0.05, 0) is 44.7 Å². The van der Waals surface area contributed by atoms with Crippen molar-refractivity contribution in [2.45, 2.75) is 32.1 Å². The lowest BCUT2D eigenvalue weighted by atomic mass is 9.96. The third kappa shape index (κ3) is 3.19. The molecule has 2 fully saturated rings. The molecule has 2 rings (SSSR count). The first-order valence-corrected chi connectivity index (χ1v) is 6.32. The van der Waals surface area contributed by atoms with Crippen LogP contribution in [0.25, 0.3) is 0 Å². The van der Waals surface area contributed by atoms with Crippen LogP contribution < -0.4 is 10.6 Å². The first kappa shape index (κ1) is 11.9. The maximum atomic E-state index is 11.7. The number of aliphatic hydroxyl groups excluding tert-OH is 1. The Morgan fingerprint density at radius 1 is 1.50 bits per heavy atom. The summed E-state index contributed by atoms with van der Waals surface area (Å²) >= 11 is 0. The average Bonchev–Trinajstić information content (AvgIpc) is 3.09. The molecule has 3 N–H and O–H groups in total. The lowest BCUT2D eigenvalue weighted by molar-refractivity contribution is -0.122. The second-order valence-corrected chi connectivity index (χ2v) is 5.35. The zero-order valence-electron chi connectivity index (χ0n) is 9.80. The molecule has 0 radical (unpaired) electrons. The van der Waals surface area contributed by atoms with Gasteiger partial charge in [0.15, 0.2) is 0 Å². The van der Waals surface area contributed by atoms with E-state index in [4.69, 9.17) is 5.11 Å². The van der Waals surface area contributed by atoms with Crippen molar-refractivity contribution in [3.63, 3.8) is 0 Å². The summed E-state index contributed by atoms with van der Waals surface area (Å²) in [5, 5.41) is 15.4. The van der Waals surface area contributed by atoms with Gasteiger partial charge in [0.1, 0.15) is 0 Å². The highest BCUT2D eigenvalue weighted by Gasteiger charge is 2.42. The molecule has 16 heavy (non-hydrogen) atoms. The minimum Gasteiger partial charge on any atom is -0.396 e. The second-order valence-electron chi connectivity index (χ2n) is 5.35. The van der Waals surface area contributed by atoms with Crippen LogP contribution in [0.3, 0.4) is 0 Å². The fourth-order valence-corrected chi connectivity index (χ4v) is 2.29. The molecular weight excluding hydrogens is 204 g/mol. The molecule has 1 heterocycles. The fourth-order valence-electron chi connectivity index (χ4n) is 2.29. The molecule has 0 aromatic carbocycles. The Balaban J connectivity index is 1.64. The molecule has 1 aliphatic heterocycles. The molecule has 0 aromatic heterocycles. The van der Waals surface area contributed by atoms with E-state index in [1.807, 2.05) is 0 Å². The standard InChI is InChI=1S/C12H22N2O2/c15-9-12(3-4-12)8-14-11(16)6-10-2-1-5-13-7-10/h10,13,15H,1-9H2,(H,14,16). The van der Waals surface area contributed by atoms with Gasteiger partial charge in [0, 0.05) is 18.4 Å². The highest BCUT2D eigenvalue weighted by atomic mass is 16.3. The molecule has 0 aromatic rings. The number of piperidine rings is 1. The molecule has 4 nitrogen and oxygen atoms in total. The summed E-state index contributed by atoms with van der Waals surface area (Å²) in [7, 11) is 0. The number of carbonyl (C=O) groups excluding carboxylic acids is 1. The topological polar surface area (TPSA) is 61.4 Å². The number of nitrogens with one attached hydrogen (secondary N) is 2. The maximum Gasteiger partial charge on any atom is 0.220 e. The number of aliphatic hydroxyl groups is 1. The van der Waals surface area contributed by atoms with Crippen LogP contribution in [0.5, 0.6) is 0 Å². The summed E-state index contributed by atoms with van der Waals surface area (Å²) in [4.78, 5) is 11.7. The van der Waals surface area contributed by atoms with Crippen LogP contribution >= 0.6 is 0 Å². The van der Waals surface area contributed by atoms with E-state index in [0.29, 0.717) is 18.9 Å². The van der Waals surface area contributed by atoms with E-state index in [9.17, 15) is 4.79 Å². The van der Waals surface area contributed by atoms with Crippen molar-refractivity contribution in [1.29, 1.82) is 0 Å². The van der Waals surface area contributed by atoms with E-state index in [2.05, 4.69) is 10.6 Å². The predicted octanol–water partition coefficient (Wildman–Crippen LogP) is 0.265. The molecule has 1 saturated heterocycles. The van der Waals surface area contributed by atoms with Crippen LogP contribution in [0.4, 0.5) is 0 Å². The molecule has 1 amide bonds. The Kier molecular flexibility index (Phi) is 3.82. The number of amides is 1. The largest absolute Gasteiger partial charge is 0.396 e. The molecule has 0 bridgehead atoms. The van der Waals surface area contributed by atoms with Gasteiger partial charge in [-0.2, -0.15) is 0 Å². The smallest absolute Gasteiger partial charge is 0.220 e. The third-order valence-corrected chi connectivity index (χ3v) is 3.83. The molecule has 2 aliphatic rings. The highest BCUT2D eigenvalue weighted by Crippen LogP contribution is 2.44. The van der Waals surface area contributed by atoms with Crippen LogP contribution in [0, 0.1) is 11.3 Å². The zero-order chi connectivity index (χ0) is 11.4. The zero-order valence-corrected chi connectivity index (χ0v) is 9.80. The van der Waals surface area contributed by atoms with Crippen molar-refractivity contribution in [1.82, 2.24) is 10.6 Å². The number of hydrogen-bond acceptors (Lipinski definition) is 3. The van der Waals surface area contributed by atoms with E-state index in [1.54, 1.807) is 0 Å². The summed E-state index contributed by atoms with van der Waals surface area (Å²) in [5.74, 6) is 0.645. The van der Waals surface area contributed by atoms with Crippen molar-refractivity contribution in [3.05, 3.63) is 0 Å². The molecule has 1 saturated carbocycles. The van der Waals surface area contributed by atoms with Crippen molar-refractivity contribution < 1.29 is 9.90 Å². The van der Waals surface area contributed by atoms with Gasteiger partial charge >= 0.3 is 0 Å². The minimum absolute atomic E-state index is 0.0282. The Labute approximate surface area is 96.8 Å². The summed E-state index contributed by atoms with van der Waals surface area (Å²) in [5.41, 5.74) is 0.0282. The lowest BCUT2D eigenvalue weighted by Crippen LogP contribution is -2.36. The molecular formula is C12H22N2O2. The quantitative estimate of drug-likeness (QED) is 0.630. The van der Waals surface area contributed by atoms with Crippen LogP contribution in [-0.4, -0.2) is 37.3 Å². The molecule has 4 heteroatoms. The third-order valence-electron chi connectivity index (χ3n) is 3.83. The normalized spacial score (nSPS) is 27.4.